The summed E-state index contributed by atoms with van der Waals surface area (Å²) in [7, 11) is -2.90. The fraction of sp³-hybridized carbons (Fsp3) is 0.167. The highest BCUT2D eigenvalue weighted by Crippen LogP contribution is 2.20. The van der Waals surface area contributed by atoms with Gasteiger partial charge in [0.1, 0.15) is 4.90 Å². The van der Waals surface area contributed by atoms with Crippen LogP contribution >= 0.6 is 11.6 Å². The SMILES string of the molecule is COC1=NN(NC(=O)NS(=O)(=O)c2ccccc2Cl)N([O-])C(C)=C1. The van der Waals surface area contributed by atoms with E-state index in [9.17, 15) is 18.4 Å². The monoisotopic (exact) mass is 374 g/mol. The van der Waals surface area contributed by atoms with E-state index < -0.39 is 16.1 Å². The summed E-state index contributed by atoms with van der Waals surface area (Å²) in [5, 5.41) is 16.2. The molecule has 1 aliphatic rings. The smallest absolute Gasteiger partial charge is 0.350 e. The molecule has 24 heavy (non-hydrogen) atoms. The normalized spacial score (nSPS) is 14.7. The van der Waals surface area contributed by atoms with E-state index >= 15 is 0 Å². The average molecular weight is 375 g/mol. The molecule has 0 radical (unpaired) electrons. The Labute approximate surface area is 142 Å². The number of carbonyl (C=O) groups excluding carboxylic acids is 1. The van der Waals surface area contributed by atoms with Crippen molar-refractivity contribution in [3.63, 3.8) is 0 Å². The summed E-state index contributed by atoms with van der Waals surface area (Å²) in [6, 6.07) is 4.38. The highest BCUT2D eigenvalue weighted by atomic mass is 35.5. The molecule has 0 spiro atoms. The number of methoxy groups -OCH3 is 1. The Hall–Kier alpha value is -2.50. The van der Waals surface area contributed by atoms with Crippen LogP contribution in [0.1, 0.15) is 6.92 Å². The molecule has 2 amide bonds. The summed E-state index contributed by atoms with van der Waals surface area (Å²) in [6.07, 6.45) is 1.34. The van der Waals surface area contributed by atoms with Gasteiger partial charge in [0.15, 0.2) is 0 Å². The fourth-order valence-corrected chi connectivity index (χ4v) is 3.09. The van der Waals surface area contributed by atoms with Crippen LogP contribution in [0.15, 0.2) is 46.0 Å². The second-order valence-electron chi connectivity index (χ2n) is 4.47. The summed E-state index contributed by atoms with van der Waals surface area (Å²) in [5.41, 5.74) is 2.14. The Morgan fingerprint density at radius 2 is 2.04 bits per heavy atom. The molecule has 0 aromatic heterocycles. The van der Waals surface area contributed by atoms with E-state index in [1.165, 1.54) is 38.3 Å². The summed E-state index contributed by atoms with van der Waals surface area (Å²) >= 11 is 5.80. The number of hydroxylamine groups is 1. The minimum atomic E-state index is -4.23. The molecule has 0 saturated carbocycles. The zero-order valence-corrected chi connectivity index (χ0v) is 14.1. The van der Waals surface area contributed by atoms with E-state index in [-0.39, 0.29) is 26.7 Å². The first-order valence-electron chi connectivity index (χ1n) is 6.41. The van der Waals surface area contributed by atoms with Crippen molar-refractivity contribution in [1.29, 1.82) is 0 Å². The van der Waals surface area contributed by atoms with Gasteiger partial charge in [-0.3, -0.25) is 0 Å². The summed E-state index contributed by atoms with van der Waals surface area (Å²) in [4.78, 5) is 11.6. The topological polar surface area (TPSA) is 126 Å². The Morgan fingerprint density at radius 3 is 2.67 bits per heavy atom. The van der Waals surface area contributed by atoms with E-state index in [0.717, 1.165) is 0 Å². The standard InChI is InChI=1S/C12H13ClN5O5S/c1-8-7-11(23-2)14-18(17(8)20)15-12(19)16-24(21,22)10-6-4-3-5-9(10)13/h3-7H,1-2H3,(H2,15,16,19)/q-1. The first-order valence-corrected chi connectivity index (χ1v) is 8.27. The van der Waals surface area contributed by atoms with E-state index in [2.05, 4.69) is 5.10 Å². The molecular weight excluding hydrogens is 362 g/mol. The number of halogens is 1. The quantitative estimate of drug-likeness (QED) is 0.812. The molecule has 1 aliphatic heterocycles. The predicted molar refractivity (Wildman–Crippen MR) is 85.6 cm³/mol. The van der Waals surface area contributed by atoms with Crippen LogP contribution in [-0.4, -0.2) is 37.9 Å². The number of nitrogens with one attached hydrogen (secondary N) is 2. The van der Waals surface area contributed by atoms with Crippen molar-refractivity contribution >= 4 is 33.6 Å². The third-order valence-corrected chi connectivity index (χ3v) is 4.59. The second-order valence-corrected chi connectivity index (χ2v) is 6.53. The number of ether oxygens (including phenoxy) is 1. The highest BCUT2D eigenvalue weighted by Gasteiger charge is 2.23. The Morgan fingerprint density at radius 1 is 1.38 bits per heavy atom. The van der Waals surface area contributed by atoms with Crippen LogP contribution in [0.5, 0.6) is 0 Å². The number of hydrogen-bond acceptors (Lipinski definition) is 8. The zero-order chi connectivity index (χ0) is 17.9. The van der Waals surface area contributed by atoms with Crippen molar-refractivity contribution < 1.29 is 17.9 Å². The number of hydrazine groups is 2. The number of benzene rings is 1. The van der Waals surface area contributed by atoms with Crippen LogP contribution < -0.4 is 10.1 Å². The first-order chi connectivity index (χ1) is 11.2. The van der Waals surface area contributed by atoms with Gasteiger partial charge in [0.25, 0.3) is 10.0 Å². The summed E-state index contributed by atoms with van der Waals surface area (Å²) < 4.78 is 30.9. The molecule has 2 N–H and O–H groups in total. The maximum absolute atomic E-state index is 12.1. The molecule has 10 nitrogen and oxygen atoms in total. The number of nitrogens with zero attached hydrogens (tertiary/aromatic N) is 3. The van der Waals surface area contributed by atoms with Crippen LogP contribution in [-0.2, 0) is 14.8 Å². The van der Waals surface area contributed by atoms with Gasteiger partial charge in [0.05, 0.1) is 12.1 Å². The second kappa shape index (κ2) is 6.95. The third-order valence-electron chi connectivity index (χ3n) is 2.76. The Balaban J connectivity index is 2.12. The first kappa shape index (κ1) is 17.8. The van der Waals surface area contributed by atoms with Crippen molar-refractivity contribution in [1.82, 2.24) is 20.5 Å². The Kier molecular flexibility index (Phi) is 5.17. The number of carbonyl (C=O) groups is 1. The minimum Gasteiger partial charge on any atom is -0.736 e. The minimum absolute atomic E-state index is 0.0499. The molecule has 0 saturated heterocycles. The van der Waals surface area contributed by atoms with Gasteiger partial charge in [-0.15, -0.1) is 5.23 Å². The maximum Gasteiger partial charge on any atom is 0.350 e. The summed E-state index contributed by atoms with van der Waals surface area (Å²) in [6.45, 7) is 1.45. The van der Waals surface area contributed by atoms with Gasteiger partial charge >= 0.3 is 6.03 Å². The van der Waals surface area contributed by atoms with Crippen LogP contribution in [0.4, 0.5) is 4.79 Å². The van der Waals surface area contributed by atoms with Crippen molar-refractivity contribution in [3.8, 4) is 0 Å². The lowest BCUT2D eigenvalue weighted by Gasteiger charge is -2.40. The molecule has 130 valence electrons. The van der Waals surface area contributed by atoms with Gasteiger partial charge in [-0.1, -0.05) is 28.8 Å². The van der Waals surface area contributed by atoms with Crippen LogP contribution in [0.25, 0.3) is 0 Å². The highest BCUT2D eigenvalue weighted by molar-refractivity contribution is 7.90. The lowest BCUT2D eigenvalue weighted by Crippen LogP contribution is -2.53. The molecule has 2 rings (SSSR count). The molecule has 0 atom stereocenters. The molecule has 0 aliphatic carbocycles. The van der Waals surface area contributed by atoms with Gasteiger partial charge < -0.3 is 15.1 Å². The van der Waals surface area contributed by atoms with Crippen LogP contribution in [0.2, 0.25) is 5.02 Å². The molecule has 12 heteroatoms. The largest absolute Gasteiger partial charge is 0.736 e. The molecule has 0 fully saturated rings. The van der Waals surface area contributed by atoms with E-state index in [1.54, 1.807) is 10.8 Å². The molecule has 0 unspecified atom stereocenters. The summed E-state index contributed by atoms with van der Waals surface area (Å²) in [5.74, 6) is 0.0499. The van der Waals surface area contributed by atoms with Crippen molar-refractivity contribution in [2.45, 2.75) is 11.8 Å². The lowest BCUT2D eigenvalue weighted by atomic mass is 10.4. The molecule has 1 aromatic carbocycles. The lowest BCUT2D eigenvalue weighted by molar-refractivity contribution is 0.00988. The van der Waals surface area contributed by atoms with Crippen molar-refractivity contribution in [2.75, 3.05) is 7.11 Å². The van der Waals surface area contributed by atoms with Crippen LogP contribution in [0, 0.1) is 5.21 Å². The number of hydrogen-bond donors (Lipinski definition) is 2. The molecular formula is C12H13ClN5O5S-. The number of hydrazone groups is 1. The number of sulfonamides is 1. The van der Waals surface area contributed by atoms with Crippen molar-refractivity contribution in [3.05, 3.63) is 46.3 Å². The number of allylic oxidation sites excluding steroid dienone is 1. The fourth-order valence-electron chi connectivity index (χ4n) is 1.67. The van der Waals surface area contributed by atoms with Gasteiger partial charge in [-0.25, -0.2) is 23.4 Å². The average Bonchev–Trinajstić information content (AvgIpc) is 2.51. The van der Waals surface area contributed by atoms with Gasteiger partial charge in [-0.2, -0.15) is 0 Å². The van der Waals surface area contributed by atoms with Crippen molar-refractivity contribution in [2.24, 2.45) is 5.10 Å². The number of rotatable bonds is 3. The van der Waals surface area contributed by atoms with E-state index in [1.807, 2.05) is 5.43 Å². The number of amides is 2. The Bertz CT molecular complexity index is 810. The molecule has 0 bridgehead atoms. The predicted octanol–water partition coefficient (Wildman–Crippen LogP) is 1.14. The van der Waals surface area contributed by atoms with E-state index in [0.29, 0.717) is 5.23 Å². The maximum atomic E-state index is 12.1. The van der Waals surface area contributed by atoms with Gasteiger partial charge in [0.2, 0.25) is 5.90 Å². The number of urea groups is 1. The third kappa shape index (κ3) is 3.88. The van der Waals surface area contributed by atoms with E-state index in [4.69, 9.17) is 16.3 Å². The molecule has 1 aromatic rings. The van der Waals surface area contributed by atoms with Gasteiger partial charge in [0, 0.05) is 11.8 Å². The van der Waals surface area contributed by atoms with Gasteiger partial charge in [-0.05, 0) is 19.1 Å². The van der Waals surface area contributed by atoms with Crippen LogP contribution in [0.3, 0.4) is 0 Å². The molecule has 1 heterocycles. The zero-order valence-electron chi connectivity index (χ0n) is 12.6.